The smallest absolute Gasteiger partial charge is 0.332 e. The Kier molecular flexibility index (Phi) is 5.03. The van der Waals surface area contributed by atoms with Gasteiger partial charge in [-0.1, -0.05) is 6.92 Å². The number of amides is 1. The van der Waals surface area contributed by atoms with Gasteiger partial charge in [-0.15, -0.1) is 11.6 Å². The number of esters is 1. The summed E-state index contributed by atoms with van der Waals surface area (Å²) < 4.78 is 16.4. The molecule has 0 saturated carbocycles. The molecular formula is C16H17ClN2O6S. The van der Waals surface area contributed by atoms with Crippen LogP contribution >= 0.6 is 11.6 Å². The van der Waals surface area contributed by atoms with Crippen LogP contribution in [-0.2, 0) is 31.7 Å². The van der Waals surface area contributed by atoms with Gasteiger partial charge in [0.05, 0.1) is 4.92 Å². The summed E-state index contributed by atoms with van der Waals surface area (Å²) in [6.45, 7) is 1.59. The molecule has 0 aliphatic carbocycles. The second-order valence-corrected chi connectivity index (χ2v) is 9.11. The molecule has 26 heavy (non-hydrogen) atoms. The van der Waals surface area contributed by atoms with Crippen LogP contribution in [0.15, 0.2) is 24.3 Å². The van der Waals surface area contributed by atoms with E-state index in [1.807, 2.05) is 0 Å². The van der Waals surface area contributed by atoms with Gasteiger partial charge in [0.1, 0.15) is 6.61 Å². The number of alkyl halides is 1. The van der Waals surface area contributed by atoms with Gasteiger partial charge in [0, 0.05) is 47.6 Å². The summed E-state index contributed by atoms with van der Waals surface area (Å²) in [6, 6.07) is 4.31. The Morgan fingerprint density at radius 3 is 2.65 bits per heavy atom. The Morgan fingerprint density at radius 2 is 2.12 bits per heavy atom. The molecule has 2 aliphatic rings. The molecule has 8 nitrogen and oxygen atoms in total. The molecule has 0 radical (unpaired) electrons. The topological polar surface area (TPSA) is 107 Å². The summed E-state index contributed by atoms with van der Waals surface area (Å²) in [5, 5.41) is 10.7. The van der Waals surface area contributed by atoms with E-state index in [-0.39, 0.29) is 36.4 Å². The number of carbonyl (C=O) groups excluding carboxylic acids is 2. The fraction of sp³-hybridized carbons (Fsp3) is 0.500. The van der Waals surface area contributed by atoms with Crippen molar-refractivity contribution in [3.63, 3.8) is 0 Å². The molecule has 140 valence electrons. The summed E-state index contributed by atoms with van der Waals surface area (Å²) in [5.74, 6) is -0.650. The van der Waals surface area contributed by atoms with Crippen molar-refractivity contribution in [2.24, 2.45) is 0 Å². The Balaban J connectivity index is 1.73. The first kappa shape index (κ1) is 18.8. The lowest BCUT2D eigenvalue weighted by Gasteiger charge is -2.38. The minimum atomic E-state index is -1.50. The normalized spacial score (nSPS) is 28.2. The van der Waals surface area contributed by atoms with Crippen LogP contribution in [0.3, 0.4) is 0 Å². The zero-order valence-corrected chi connectivity index (χ0v) is 15.5. The van der Waals surface area contributed by atoms with E-state index in [1.165, 1.54) is 29.2 Å². The molecule has 1 amide bonds. The van der Waals surface area contributed by atoms with Crippen LogP contribution in [0, 0.1) is 10.1 Å². The molecule has 4 atom stereocenters. The van der Waals surface area contributed by atoms with E-state index >= 15 is 0 Å². The van der Waals surface area contributed by atoms with Crippen molar-refractivity contribution >= 4 is 40.0 Å². The van der Waals surface area contributed by atoms with Crippen molar-refractivity contribution in [2.45, 2.75) is 42.7 Å². The van der Waals surface area contributed by atoms with Crippen LogP contribution in [0.2, 0.25) is 0 Å². The van der Waals surface area contributed by atoms with Crippen LogP contribution in [0.1, 0.15) is 25.3 Å². The minimum Gasteiger partial charge on any atom is -0.459 e. The molecule has 0 aromatic heterocycles. The fourth-order valence-corrected chi connectivity index (χ4v) is 5.37. The number of nitro groups is 1. The van der Waals surface area contributed by atoms with Crippen molar-refractivity contribution < 1.29 is 23.5 Å². The zero-order valence-electron chi connectivity index (χ0n) is 13.9. The van der Waals surface area contributed by atoms with E-state index in [4.69, 9.17) is 16.3 Å². The van der Waals surface area contributed by atoms with Gasteiger partial charge in [-0.05, 0) is 17.7 Å². The van der Waals surface area contributed by atoms with Crippen molar-refractivity contribution in [3.8, 4) is 0 Å². The summed E-state index contributed by atoms with van der Waals surface area (Å²) in [4.78, 5) is 36.0. The minimum absolute atomic E-state index is 0.0667. The van der Waals surface area contributed by atoms with Crippen molar-refractivity contribution in [1.82, 2.24) is 4.90 Å². The average molecular weight is 401 g/mol. The van der Waals surface area contributed by atoms with Gasteiger partial charge in [0.15, 0.2) is 10.2 Å². The van der Waals surface area contributed by atoms with Gasteiger partial charge in [-0.25, -0.2) is 4.79 Å². The molecule has 0 bridgehead atoms. The maximum Gasteiger partial charge on any atom is 0.332 e. The number of hydrogen-bond acceptors (Lipinski definition) is 6. The lowest BCUT2D eigenvalue weighted by atomic mass is 10.0. The molecule has 2 heterocycles. The van der Waals surface area contributed by atoms with Gasteiger partial charge in [-0.2, -0.15) is 0 Å². The fourth-order valence-electron chi connectivity index (χ4n) is 3.36. The van der Waals surface area contributed by atoms with Gasteiger partial charge >= 0.3 is 5.97 Å². The number of halogens is 1. The Morgan fingerprint density at radius 1 is 1.46 bits per heavy atom. The molecule has 0 spiro atoms. The maximum absolute atomic E-state index is 12.6. The predicted molar refractivity (Wildman–Crippen MR) is 93.8 cm³/mol. The number of carbonyl (C=O) groups is 2. The largest absolute Gasteiger partial charge is 0.459 e. The first-order chi connectivity index (χ1) is 12.3. The van der Waals surface area contributed by atoms with E-state index < -0.39 is 31.9 Å². The number of nitro benzene ring substituents is 1. The summed E-state index contributed by atoms with van der Waals surface area (Å²) in [7, 11) is -1.50. The zero-order chi connectivity index (χ0) is 19.1. The monoisotopic (exact) mass is 400 g/mol. The lowest BCUT2D eigenvalue weighted by Crippen LogP contribution is -2.58. The lowest BCUT2D eigenvalue weighted by molar-refractivity contribution is -0.384. The molecular weight excluding hydrogens is 384 g/mol. The van der Waals surface area contributed by atoms with Crippen molar-refractivity contribution in [2.75, 3.05) is 5.75 Å². The molecule has 2 saturated heterocycles. The van der Waals surface area contributed by atoms with E-state index in [9.17, 15) is 23.9 Å². The summed E-state index contributed by atoms with van der Waals surface area (Å²) >= 11 is 6.54. The molecule has 0 N–H and O–H groups in total. The number of ether oxygens (including phenoxy) is 1. The van der Waals surface area contributed by atoms with Gasteiger partial charge < -0.3 is 9.64 Å². The molecule has 2 aliphatic heterocycles. The molecule has 1 aromatic carbocycles. The highest BCUT2D eigenvalue weighted by molar-refractivity contribution is 7.88. The first-order valence-corrected chi connectivity index (χ1v) is 9.76. The number of fused-ring (bicyclic) bond motifs is 1. The summed E-state index contributed by atoms with van der Waals surface area (Å²) in [5.41, 5.74) is 0.494. The van der Waals surface area contributed by atoms with Crippen LogP contribution in [0.5, 0.6) is 0 Å². The molecule has 1 aromatic rings. The van der Waals surface area contributed by atoms with Crippen LogP contribution in [-0.4, -0.2) is 48.0 Å². The number of rotatable bonds is 6. The number of nitrogens with zero attached hydrogens (tertiary/aromatic N) is 2. The Labute approximate surface area is 157 Å². The van der Waals surface area contributed by atoms with Crippen molar-refractivity contribution in [1.29, 1.82) is 0 Å². The van der Waals surface area contributed by atoms with Crippen LogP contribution < -0.4 is 0 Å². The number of non-ortho nitro benzene ring substituents is 1. The third-order valence-electron chi connectivity index (χ3n) is 4.68. The predicted octanol–water partition coefficient (Wildman–Crippen LogP) is 1.71. The molecule has 2 fully saturated rings. The molecule has 3 rings (SSSR count). The van der Waals surface area contributed by atoms with Crippen LogP contribution in [0.4, 0.5) is 5.69 Å². The van der Waals surface area contributed by atoms with Crippen molar-refractivity contribution in [3.05, 3.63) is 39.9 Å². The standard InChI is InChI=1S/C16H17ClN2O6S/c1-2-26(24)16(17)8-12-7-13(20)18(12)14(16)15(21)25-9-10-3-5-11(6-4-10)19(22)23/h3-6,12,14H,2,7-9H2,1H3/t12?,14-,16?,26?/m0/s1. The second kappa shape index (κ2) is 6.96. The second-order valence-electron chi connectivity index (χ2n) is 6.22. The molecule has 3 unspecified atom stereocenters. The third-order valence-corrected chi connectivity index (χ3v) is 7.23. The maximum atomic E-state index is 12.6. The average Bonchev–Trinajstić information content (AvgIpc) is 2.87. The number of hydrogen-bond donors (Lipinski definition) is 0. The Bertz CT molecular complexity index is 785. The highest BCUT2D eigenvalue weighted by Crippen LogP contribution is 2.47. The van der Waals surface area contributed by atoms with Gasteiger partial charge in [0.2, 0.25) is 5.91 Å². The van der Waals surface area contributed by atoms with Gasteiger partial charge in [-0.3, -0.25) is 19.1 Å². The van der Waals surface area contributed by atoms with Crippen LogP contribution in [0.25, 0.3) is 0 Å². The first-order valence-electron chi connectivity index (χ1n) is 8.06. The Hall–Kier alpha value is -2.00. The van der Waals surface area contributed by atoms with Gasteiger partial charge in [0.25, 0.3) is 5.69 Å². The van der Waals surface area contributed by atoms with E-state index in [1.54, 1.807) is 6.92 Å². The quantitative estimate of drug-likeness (QED) is 0.236. The number of β-lactam (4-membered cyclic amide) rings is 1. The van der Waals surface area contributed by atoms with E-state index in [0.717, 1.165) is 0 Å². The molecule has 10 heteroatoms. The summed E-state index contributed by atoms with van der Waals surface area (Å²) in [6.07, 6.45) is 0.583. The van der Waals surface area contributed by atoms with E-state index in [0.29, 0.717) is 12.0 Å². The highest BCUT2D eigenvalue weighted by atomic mass is 35.5. The highest BCUT2D eigenvalue weighted by Gasteiger charge is 2.64. The number of benzene rings is 1. The van der Waals surface area contributed by atoms with E-state index in [2.05, 4.69) is 0 Å². The third kappa shape index (κ3) is 3.09. The SMILES string of the molecule is CCS(=O)C1(Cl)CC2CC(=O)N2[C@H]1C(=O)OCc1ccc([N+](=O)[O-])cc1.